The van der Waals surface area contributed by atoms with Crippen LogP contribution in [0.25, 0.3) is 6.08 Å². The number of nitrogens with zero attached hydrogens (tertiary/aromatic N) is 1. The number of phenolic OH excluding ortho intramolecular Hbond substituents is 1. The minimum Gasteiger partial charge on any atom is -0.503 e. The Labute approximate surface area is 125 Å². The fraction of sp³-hybridized carbons (Fsp3) is 0.231. The number of ether oxygens (including phenoxy) is 1. The van der Waals surface area contributed by atoms with E-state index in [-0.39, 0.29) is 27.6 Å². The lowest BCUT2D eigenvalue weighted by Crippen LogP contribution is -2.01. The number of halogens is 1. The van der Waals surface area contributed by atoms with E-state index in [2.05, 4.69) is 4.99 Å². The Morgan fingerprint density at radius 3 is 2.90 bits per heavy atom. The highest BCUT2D eigenvalue weighted by Crippen LogP contribution is 2.37. The van der Waals surface area contributed by atoms with Gasteiger partial charge in [-0.25, -0.2) is 0 Å². The Morgan fingerprint density at radius 1 is 1.55 bits per heavy atom. The van der Waals surface area contributed by atoms with Crippen LogP contribution in [0.2, 0.25) is 5.02 Å². The molecule has 1 aliphatic heterocycles. The second-order valence-corrected chi connectivity index (χ2v) is 5.53. The van der Waals surface area contributed by atoms with Gasteiger partial charge in [-0.3, -0.25) is 4.79 Å². The Morgan fingerprint density at radius 2 is 2.30 bits per heavy atom. The Kier molecular flexibility index (Phi) is 4.57. The van der Waals surface area contributed by atoms with Gasteiger partial charge in [-0.1, -0.05) is 18.5 Å². The Balaban J connectivity index is 2.31. The monoisotopic (exact) mass is 312 g/mol. The maximum atomic E-state index is 11.5. The van der Waals surface area contributed by atoms with Crippen molar-refractivity contribution in [2.75, 3.05) is 6.61 Å². The predicted octanol–water partition coefficient (Wildman–Crippen LogP) is 2.76. The number of aliphatic imine (C=N–C) groups is 1. The van der Waals surface area contributed by atoms with Crippen LogP contribution in [-0.4, -0.2) is 22.8 Å². The molecule has 20 heavy (non-hydrogen) atoms. The first-order valence-electron chi connectivity index (χ1n) is 5.94. The van der Waals surface area contributed by atoms with Crippen molar-refractivity contribution in [3.63, 3.8) is 0 Å². The molecule has 0 bridgehead atoms. The van der Waals surface area contributed by atoms with Gasteiger partial charge in [-0.05, 0) is 42.0 Å². The summed E-state index contributed by atoms with van der Waals surface area (Å²) in [4.78, 5) is 15.6. The van der Waals surface area contributed by atoms with Gasteiger partial charge in [0, 0.05) is 0 Å². The first-order valence-corrected chi connectivity index (χ1v) is 7.14. The fourth-order valence-corrected chi connectivity index (χ4v) is 2.48. The third-order valence-electron chi connectivity index (χ3n) is 2.45. The van der Waals surface area contributed by atoms with Gasteiger partial charge in [-0.15, -0.1) is 0 Å². The molecule has 7 heteroatoms. The van der Waals surface area contributed by atoms with Crippen LogP contribution in [0.3, 0.4) is 0 Å². The summed E-state index contributed by atoms with van der Waals surface area (Å²) >= 11 is 7.04. The average Bonchev–Trinajstić information content (AvgIpc) is 2.70. The largest absolute Gasteiger partial charge is 0.503 e. The number of amides is 1. The van der Waals surface area contributed by atoms with E-state index in [0.717, 1.165) is 18.2 Å². The second-order valence-electron chi connectivity index (χ2n) is 4.06. The van der Waals surface area contributed by atoms with Crippen molar-refractivity contribution in [2.24, 2.45) is 10.7 Å². The van der Waals surface area contributed by atoms with E-state index in [0.29, 0.717) is 17.1 Å². The number of hydrogen-bond acceptors (Lipinski definition) is 5. The van der Waals surface area contributed by atoms with Crippen molar-refractivity contribution in [1.29, 1.82) is 0 Å². The normalized spacial score (nSPS) is 16.6. The van der Waals surface area contributed by atoms with Crippen LogP contribution in [0.1, 0.15) is 18.9 Å². The number of thioether (sulfide) groups is 1. The molecule has 1 aromatic carbocycles. The number of aromatic hydroxyl groups is 1. The zero-order valence-electron chi connectivity index (χ0n) is 10.7. The molecular weight excluding hydrogens is 300 g/mol. The van der Waals surface area contributed by atoms with E-state index in [1.165, 1.54) is 0 Å². The topological polar surface area (TPSA) is 84.9 Å². The van der Waals surface area contributed by atoms with Crippen molar-refractivity contribution < 1.29 is 14.6 Å². The number of nitrogens with two attached hydrogens (primary N) is 1. The third kappa shape index (κ3) is 3.26. The van der Waals surface area contributed by atoms with Crippen molar-refractivity contribution in [1.82, 2.24) is 0 Å². The molecule has 1 heterocycles. The van der Waals surface area contributed by atoms with Crippen LogP contribution in [0.5, 0.6) is 11.5 Å². The van der Waals surface area contributed by atoms with Crippen molar-refractivity contribution in [2.45, 2.75) is 13.3 Å². The molecule has 0 aliphatic carbocycles. The maximum Gasteiger partial charge on any atom is 0.286 e. The minimum atomic E-state index is -0.382. The molecule has 2 rings (SSSR count). The second kappa shape index (κ2) is 6.19. The van der Waals surface area contributed by atoms with E-state index in [1.54, 1.807) is 18.2 Å². The highest BCUT2D eigenvalue weighted by molar-refractivity contribution is 8.18. The summed E-state index contributed by atoms with van der Waals surface area (Å²) in [7, 11) is 0. The summed E-state index contributed by atoms with van der Waals surface area (Å²) in [6.45, 7) is 2.42. The van der Waals surface area contributed by atoms with Gasteiger partial charge >= 0.3 is 0 Å². The molecular formula is C13H13ClN2O3S. The first-order chi connectivity index (χ1) is 9.51. The SMILES string of the molecule is CCCOc1cc(/C=C2/SC(N)=NC2=O)cc(Cl)c1O. The van der Waals surface area contributed by atoms with Gasteiger partial charge in [0.15, 0.2) is 16.7 Å². The molecule has 0 fully saturated rings. The standard InChI is InChI=1S/C13H13ClN2O3S/c1-2-3-19-9-5-7(4-8(14)11(9)17)6-10-12(18)16-13(15)20-10/h4-6,17H,2-3H2,1H3,(H2,15,16,18)/b10-6+. The van der Waals surface area contributed by atoms with E-state index in [9.17, 15) is 9.90 Å². The minimum absolute atomic E-state index is 0.108. The number of rotatable bonds is 4. The highest BCUT2D eigenvalue weighted by atomic mass is 35.5. The maximum absolute atomic E-state index is 11.5. The van der Waals surface area contributed by atoms with E-state index >= 15 is 0 Å². The predicted molar refractivity (Wildman–Crippen MR) is 81.1 cm³/mol. The van der Waals surface area contributed by atoms with Crippen LogP contribution in [0, 0.1) is 0 Å². The van der Waals surface area contributed by atoms with Crippen LogP contribution in [0.4, 0.5) is 0 Å². The van der Waals surface area contributed by atoms with E-state index < -0.39 is 0 Å². The van der Waals surface area contributed by atoms with Crippen LogP contribution >= 0.6 is 23.4 Å². The number of carbonyl (C=O) groups is 1. The smallest absolute Gasteiger partial charge is 0.286 e. The van der Waals surface area contributed by atoms with Crippen LogP contribution in [0.15, 0.2) is 22.0 Å². The molecule has 0 unspecified atom stereocenters. The lowest BCUT2D eigenvalue weighted by molar-refractivity contribution is -0.113. The fourth-order valence-electron chi connectivity index (χ4n) is 1.58. The summed E-state index contributed by atoms with van der Waals surface area (Å²) in [6, 6.07) is 3.16. The van der Waals surface area contributed by atoms with Crippen molar-refractivity contribution >= 4 is 40.5 Å². The lowest BCUT2D eigenvalue weighted by atomic mass is 10.2. The van der Waals surface area contributed by atoms with E-state index in [4.69, 9.17) is 22.1 Å². The number of benzene rings is 1. The zero-order valence-corrected chi connectivity index (χ0v) is 12.3. The molecule has 0 saturated carbocycles. The van der Waals surface area contributed by atoms with Crippen molar-refractivity contribution in [3.8, 4) is 11.5 Å². The molecule has 0 atom stereocenters. The summed E-state index contributed by atoms with van der Waals surface area (Å²) in [5.74, 6) is -0.202. The third-order valence-corrected chi connectivity index (χ3v) is 3.55. The van der Waals surface area contributed by atoms with Gasteiger partial charge in [0.25, 0.3) is 5.91 Å². The molecule has 5 nitrogen and oxygen atoms in total. The quantitative estimate of drug-likeness (QED) is 0.835. The zero-order chi connectivity index (χ0) is 14.7. The molecule has 1 aliphatic rings. The van der Waals surface area contributed by atoms with Gasteiger partial charge < -0.3 is 15.6 Å². The first kappa shape index (κ1) is 14.7. The summed E-state index contributed by atoms with van der Waals surface area (Å²) in [5, 5.41) is 10.2. The molecule has 0 radical (unpaired) electrons. The number of carbonyl (C=O) groups excluding carboxylic acids is 1. The molecule has 0 saturated heterocycles. The molecule has 0 aromatic heterocycles. The van der Waals surface area contributed by atoms with E-state index in [1.807, 2.05) is 6.92 Å². The summed E-state index contributed by atoms with van der Waals surface area (Å²) in [6.07, 6.45) is 2.42. The van der Waals surface area contributed by atoms with Crippen molar-refractivity contribution in [3.05, 3.63) is 27.6 Å². The summed E-state index contributed by atoms with van der Waals surface area (Å²) < 4.78 is 5.41. The Bertz CT molecular complexity index is 614. The summed E-state index contributed by atoms with van der Waals surface area (Å²) in [5.41, 5.74) is 6.12. The van der Waals surface area contributed by atoms with Gasteiger partial charge in [0.05, 0.1) is 16.5 Å². The molecule has 1 aromatic rings. The molecule has 3 N–H and O–H groups in total. The average molecular weight is 313 g/mol. The number of hydrogen-bond donors (Lipinski definition) is 2. The Hall–Kier alpha value is -1.66. The van der Waals surface area contributed by atoms with Crippen LogP contribution < -0.4 is 10.5 Å². The van der Waals surface area contributed by atoms with Gasteiger partial charge in [-0.2, -0.15) is 4.99 Å². The number of phenols is 1. The molecule has 1 amide bonds. The van der Waals surface area contributed by atoms with Gasteiger partial charge in [0.1, 0.15) is 0 Å². The highest BCUT2D eigenvalue weighted by Gasteiger charge is 2.20. The van der Waals surface area contributed by atoms with Gasteiger partial charge in [0.2, 0.25) is 0 Å². The lowest BCUT2D eigenvalue weighted by Gasteiger charge is -2.09. The van der Waals surface area contributed by atoms with Crippen LogP contribution in [-0.2, 0) is 4.79 Å². The molecule has 106 valence electrons. The molecule has 0 spiro atoms. The number of amidine groups is 1.